The Hall–Kier alpha value is -1.11. The predicted octanol–water partition coefficient (Wildman–Crippen LogP) is 2.58. The van der Waals surface area contributed by atoms with E-state index in [4.69, 9.17) is 5.41 Å². The highest BCUT2D eigenvalue weighted by Gasteiger charge is 1.93. The molecule has 0 heterocycles. The summed E-state index contributed by atoms with van der Waals surface area (Å²) in [5, 5.41) is 6.90. The first-order chi connectivity index (χ1) is 5.34. The highest BCUT2D eigenvalue weighted by atomic mass is 14.3. The third-order valence-corrected chi connectivity index (χ3v) is 1.82. The SMILES string of the molecule is Cc1ccccc1CCC=N. The standard InChI is InChI=1S/C10H13N/c1-9-5-2-3-6-10(9)7-4-8-11/h2-3,5-6,8,11H,4,7H2,1H3. The number of nitrogens with one attached hydrogen (secondary N) is 1. The third-order valence-electron chi connectivity index (χ3n) is 1.82. The average molecular weight is 147 g/mol. The molecule has 1 aromatic rings. The number of benzene rings is 1. The van der Waals surface area contributed by atoms with Crippen LogP contribution in [-0.2, 0) is 6.42 Å². The van der Waals surface area contributed by atoms with Crippen LogP contribution in [0.2, 0.25) is 0 Å². The molecule has 0 aromatic heterocycles. The first-order valence-corrected chi connectivity index (χ1v) is 3.88. The van der Waals surface area contributed by atoms with Gasteiger partial charge in [0.05, 0.1) is 0 Å². The molecule has 0 spiro atoms. The smallest absolute Gasteiger partial charge is 0.00444 e. The van der Waals surface area contributed by atoms with Crippen LogP contribution in [0, 0.1) is 12.3 Å². The molecule has 0 saturated carbocycles. The highest BCUT2D eigenvalue weighted by molar-refractivity contribution is 5.53. The van der Waals surface area contributed by atoms with Gasteiger partial charge in [-0.15, -0.1) is 0 Å². The van der Waals surface area contributed by atoms with Gasteiger partial charge in [-0.25, -0.2) is 0 Å². The van der Waals surface area contributed by atoms with Crippen LogP contribution in [0.1, 0.15) is 17.5 Å². The first-order valence-electron chi connectivity index (χ1n) is 3.88. The van der Waals surface area contributed by atoms with Crippen molar-refractivity contribution >= 4 is 6.21 Å². The largest absolute Gasteiger partial charge is 0.313 e. The molecule has 1 rings (SSSR count). The van der Waals surface area contributed by atoms with Crippen LogP contribution in [0.25, 0.3) is 0 Å². The molecule has 1 heteroatoms. The number of hydrogen-bond donors (Lipinski definition) is 1. The Labute approximate surface area is 67.6 Å². The Morgan fingerprint density at radius 3 is 2.73 bits per heavy atom. The van der Waals surface area contributed by atoms with E-state index in [1.807, 2.05) is 12.1 Å². The van der Waals surface area contributed by atoms with Crippen LogP contribution < -0.4 is 0 Å². The molecule has 0 amide bonds. The topological polar surface area (TPSA) is 23.9 Å². The normalized spacial score (nSPS) is 9.55. The van der Waals surface area contributed by atoms with Crippen molar-refractivity contribution in [1.29, 1.82) is 5.41 Å². The van der Waals surface area contributed by atoms with Crippen molar-refractivity contribution in [3.63, 3.8) is 0 Å². The fourth-order valence-corrected chi connectivity index (χ4v) is 1.12. The fraction of sp³-hybridized carbons (Fsp3) is 0.300. The van der Waals surface area contributed by atoms with E-state index in [0.29, 0.717) is 0 Å². The second-order valence-electron chi connectivity index (χ2n) is 2.67. The lowest BCUT2D eigenvalue weighted by atomic mass is 10.0. The zero-order valence-electron chi connectivity index (χ0n) is 6.80. The molecule has 0 aliphatic rings. The molecule has 0 saturated heterocycles. The summed E-state index contributed by atoms with van der Waals surface area (Å²) in [6.07, 6.45) is 3.31. The van der Waals surface area contributed by atoms with Gasteiger partial charge in [0.1, 0.15) is 0 Å². The van der Waals surface area contributed by atoms with Gasteiger partial charge in [-0.2, -0.15) is 0 Å². The van der Waals surface area contributed by atoms with Crippen LogP contribution >= 0.6 is 0 Å². The summed E-state index contributed by atoms with van der Waals surface area (Å²) >= 11 is 0. The van der Waals surface area contributed by atoms with Crippen LogP contribution in [0.15, 0.2) is 24.3 Å². The van der Waals surface area contributed by atoms with Crippen molar-refractivity contribution in [1.82, 2.24) is 0 Å². The molecular weight excluding hydrogens is 134 g/mol. The Morgan fingerprint density at radius 2 is 2.09 bits per heavy atom. The molecule has 0 aliphatic carbocycles. The van der Waals surface area contributed by atoms with Crippen molar-refractivity contribution in [2.75, 3.05) is 0 Å². The lowest BCUT2D eigenvalue weighted by molar-refractivity contribution is 1.03. The van der Waals surface area contributed by atoms with Gasteiger partial charge >= 0.3 is 0 Å². The first kappa shape index (κ1) is 7.99. The molecule has 1 nitrogen and oxygen atoms in total. The zero-order chi connectivity index (χ0) is 8.10. The zero-order valence-corrected chi connectivity index (χ0v) is 6.80. The van der Waals surface area contributed by atoms with E-state index in [1.165, 1.54) is 17.3 Å². The molecule has 0 unspecified atom stereocenters. The van der Waals surface area contributed by atoms with E-state index in [9.17, 15) is 0 Å². The summed E-state index contributed by atoms with van der Waals surface area (Å²) < 4.78 is 0. The molecule has 58 valence electrons. The minimum Gasteiger partial charge on any atom is -0.313 e. The molecule has 0 fully saturated rings. The number of hydrogen-bond acceptors (Lipinski definition) is 1. The van der Waals surface area contributed by atoms with Crippen LogP contribution in [0.4, 0.5) is 0 Å². The Balaban J connectivity index is 2.69. The Kier molecular flexibility index (Phi) is 2.84. The monoisotopic (exact) mass is 147 g/mol. The van der Waals surface area contributed by atoms with Gasteiger partial charge < -0.3 is 5.41 Å². The van der Waals surface area contributed by atoms with Crippen molar-refractivity contribution < 1.29 is 0 Å². The van der Waals surface area contributed by atoms with Gasteiger partial charge in [0, 0.05) is 0 Å². The molecule has 1 aromatic carbocycles. The van der Waals surface area contributed by atoms with E-state index in [0.717, 1.165) is 12.8 Å². The summed E-state index contributed by atoms with van der Waals surface area (Å²) in [4.78, 5) is 0. The average Bonchev–Trinajstić information content (AvgIpc) is 2.03. The highest BCUT2D eigenvalue weighted by Crippen LogP contribution is 2.08. The van der Waals surface area contributed by atoms with Gasteiger partial charge in [-0.3, -0.25) is 0 Å². The summed E-state index contributed by atoms with van der Waals surface area (Å²) in [5.74, 6) is 0. The summed E-state index contributed by atoms with van der Waals surface area (Å²) in [7, 11) is 0. The fourth-order valence-electron chi connectivity index (χ4n) is 1.12. The molecule has 1 N–H and O–H groups in total. The minimum atomic E-state index is 0.852. The number of aryl methyl sites for hydroxylation is 2. The maximum absolute atomic E-state index is 6.90. The predicted molar refractivity (Wildman–Crippen MR) is 48.3 cm³/mol. The summed E-state index contributed by atoms with van der Waals surface area (Å²) in [5.41, 5.74) is 2.69. The molecule has 11 heavy (non-hydrogen) atoms. The molecule has 0 bridgehead atoms. The lowest BCUT2D eigenvalue weighted by Crippen LogP contribution is -1.88. The van der Waals surface area contributed by atoms with Crippen LogP contribution in [0.3, 0.4) is 0 Å². The van der Waals surface area contributed by atoms with Crippen molar-refractivity contribution in [2.45, 2.75) is 19.8 Å². The van der Waals surface area contributed by atoms with Crippen LogP contribution in [-0.4, -0.2) is 6.21 Å². The molecule has 0 radical (unpaired) electrons. The summed E-state index contributed by atoms with van der Waals surface area (Å²) in [6.45, 7) is 2.11. The van der Waals surface area contributed by atoms with E-state index in [2.05, 4.69) is 19.1 Å². The van der Waals surface area contributed by atoms with Gasteiger partial charge in [-0.1, -0.05) is 24.3 Å². The van der Waals surface area contributed by atoms with Crippen molar-refractivity contribution in [2.24, 2.45) is 0 Å². The molecule has 0 aliphatic heterocycles. The third kappa shape index (κ3) is 2.19. The molecule has 0 atom stereocenters. The minimum absolute atomic E-state index is 0.852. The Bertz CT molecular complexity index is 240. The van der Waals surface area contributed by atoms with Gasteiger partial charge in [0.25, 0.3) is 0 Å². The van der Waals surface area contributed by atoms with Crippen molar-refractivity contribution in [3.05, 3.63) is 35.4 Å². The van der Waals surface area contributed by atoms with E-state index in [-0.39, 0.29) is 0 Å². The van der Waals surface area contributed by atoms with Gasteiger partial charge in [0.2, 0.25) is 0 Å². The summed E-state index contributed by atoms with van der Waals surface area (Å²) in [6, 6.07) is 8.33. The van der Waals surface area contributed by atoms with Crippen LogP contribution in [0.5, 0.6) is 0 Å². The van der Waals surface area contributed by atoms with E-state index >= 15 is 0 Å². The van der Waals surface area contributed by atoms with Gasteiger partial charge in [0.15, 0.2) is 0 Å². The van der Waals surface area contributed by atoms with Crippen molar-refractivity contribution in [3.8, 4) is 0 Å². The quantitative estimate of drug-likeness (QED) is 0.635. The van der Waals surface area contributed by atoms with Gasteiger partial charge in [-0.05, 0) is 37.1 Å². The maximum Gasteiger partial charge on any atom is -0.00444 e. The second-order valence-corrected chi connectivity index (χ2v) is 2.67. The lowest BCUT2D eigenvalue weighted by Gasteiger charge is -2.01. The second kappa shape index (κ2) is 3.91. The van der Waals surface area contributed by atoms with E-state index in [1.54, 1.807) is 0 Å². The number of rotatable bonds is 3. The molecular formula is C10H13N. The maximum atomic E-state index is 6.90. The Morgan fingerprint density at radius 1 is 1.36 bits per heavy atom. The van der Waals surface area contributed by atoms with E-state index < -0.39 is 0 Å².